The zero-order chi connectivity index (χ0) is 19.8. The zero-order valence-electron chi connectivity index (χ0n) is 14.0. The van der Waals surface area contributed by atoms with Crippen LogP contribution in [0.25, 0.3) is 0 Å². The van der Waals surface area contributed by atoms with Crippen LogP contribution in [0.5, 0.6) is 0 Å². The number of carbonyl (C=O) groups is 3. The van der Waals surface area contributed by atoms with Crippen LogP contribution < -0.4 is 16.0 Å². The molecule has 2 rings (SSSR count). The van der Waals surface area contributed by atoms with Gasteiger partial charge in [-0.3, -0.25) is 14.4 Å². The van der Waals surface area contributed by atoms with Gasteiger partial charge in [-0.15, -0.1) is 6.42 Å². The summed E-state index contributed by atoms with van der Waals surface area (Å²) in [5, 5.41) is 8.29. The number of halogens is 2. The van der Waals surface area contributed by atoms with Gasteiger partial charge in [0.05, 0.1) is 13.1 Å². The molecule has 6 nitrogen and oxygen atoms in total. The van der Waals surface area contributed by atoms with Crippen molar-refractivity contribution in [2.75, 3.05) is 18.4 Å². The highest BCUT2D eigenvalue weighted by Crippen LogP contribution is 2.20. The number of amides is 3. The summed E-state index contributed by atoms with van der Waals surface area (Å²) in [6.07, 6.45) is 5.03. The van der Waals surface area contributed by atoms with E-state index in [0.29, 0.717) is 26.9 Å². The lowest BCUT2D eigenvalue weighted by Crippen LogP contribution is -2.37. The van der Waals surface area contributed by atoms with Gasteiger partial charge in [-0.25, -0.2) is 0 Å². The molecule has 2 aromatic rings. The van der Waals surface area contributed by atoms with Gasteiger partial charge in [-0.2, -0.15) is 0 Å². The minimum atomic E-state index is -0.426. The normalized spacial score (nSPS) is 9.81. The summed E-state index contributed by atoms with van der Waals surface area (Å²) in [4.78, 5) is 35.6. The van der Waals surface area contributed by atoms with E-state index in [1.54, 1.807) is 12.1 Å². The van der Waals surface area contributed by atoms with Crippen molar-refractivity contribution in [3.05, 3.63) is 63.6 Å². The lowest BCUT2D eigenvalue weighted by molar-refractivity contribution is -0.119. The fourth-order valence-electron chi connectivity index (χ4n) is 2.07. The fraction of sp³-hybridized carbons (Fsp3) is 0.105. The summed E-state index contributed by atoms with van der Waals surface area (Å²) in [7, 11) is 0. The first-order chi connectivity index (χ1) is 12.9. The Kier molecular flexibility index (Phi) is 7.24. The summed E-state index contributed by atoms with van der Waals surface area (Å²) in [5.74, 6) is 1.07. The Morgan fingerprint density at radius 1 is 0.889 bits per heavy atom. The van der Waals surface area contributed by atoms with Crippen molar-refractivity contribution in [2.24, 2.45) is 0 Å². The Bertz CT molecular complexity index is 885. The van der Waals surface area contributed by atoms with Crippen LogP contribution in [0, 0.1) is 12.3 Å². The maximum Gasteiger partial charge on any atom is 0.255 e. The molecule has 0 aliphatic carbocycles. The van der Waals surface area contributed by atoms with Gasteiger partial charge in [0.15, 0.2) is 0 Å². The topological polar surface area (TPSA) is 87.3 Å². The van der Waals surface area contributed by atoms with Crippen molar-refractivity contribution in [1.29, 1.82) is 0 Å². The summed E-state index contributed by atoms with van der Waals surface area (Å²) in [6.45, 7) is -0.0878. The van der Waals surface area contributed by atoms with Crippen LogP contribution in [0.2, 0.25) is 10.0 Å². The Labute approximate surface area is 166 Å². The molecule has 2 aromatic carbocycles. The molecule has 0 atom stereocenters. The number of terminal acetylenes is 1. The van der Waals surface area contributed by atoms with Crippen LogP contribution in [0.3, 0.4) is 0 Å². The standard InChI is InChI=1S/C19H15Cl2N3O3/c1-2-7-22-17(25)11-23-18(26)12-3-5-16(6-4-12)24-19(27)13-8-14(20)10-15(21)9-13/h1,3-6,8-10H,7,11H2,(H,22,25)(H,23,26)(H,24,27). The second-order valence-corrected chi connectivity index (χ2v) is 6.23. The molecule has 0 unspecified atom stereocenters. The number of benzene rings is 2. The summed E-state index contributed by atoms with van der Waals surface area (Å²) in [5.41, 5.74) is 1.13. The van der Waals surface area contributed by atoms with Gasteiger partial charge in [0.2, 0.25) is 5.91 Å². The minimum Gasteiger partial charge on any atom is -0.344 e. The predicted octanol–water partition coefficient (Wildman–Crippen LogP) is 2.72. The molecular weight excluding hydrogens is 389 g/mol. The van der Waals surface area contributed by atoms with E-state index in [2.05, 4.69) is 21.9 Å². The maximum atomic E-state index is 12.2. The number of rotatable bonds is 6. The molecule has 138 valence electrons. The molecule has 3 amide bonds. The van der Waals surface area contributed by atoms with Gasteiger partial charge in [0.1, 0.15) is 0 Å². The van der Waals surface area contributed by atoms with E-state index in [1.807, 2.05) is 0 Å². The second-order valence-electron chi connectivity index (χ2n) is 5.35. The smallest absolute Gasteiger partial charge is 0.255 e. The van der Waals surface area contributed by atoms with E-state index in [1.165, 1.54) is 30.3 Å². The molecular formula is C19H15Cl2N3O3. The Morgan fingerprint density at radius 2 is 1.52 bits per heavy atom. The maximum absolute atomic E-state index is 12.2. The molecule has 0 aromatic heterocycles. The highest BCUT2D eigenvalue weighted by atomic mass is 35.5. The van der Waals surface area contributed by atoms with Crippen LogP contribution >= 0.6 is 23.2 Å². The van der Waals surface area contributed by atoms with E-state index in [4.69, 9.17) is 29.6 Å². The minimum absolute atomic E-state index is 0.0982. The molecule has 27 heavy (non-hydrogen) atoms. The van der Waals surface area contributed by atoms with Gasteiger partial charge in [0.25, 0.3) is 11.8 Å². The molecule has 8 heteroatoms. The Hall–Kier alpha value is -3.01. The molecule has 0 saturated carbocycles. The molecule has 0 bridgehead atoms. The van der Waals surface area contributed by atoms with E-state index in [9.17, 15) is 14.4 Å². The van der Waals surface area contributed by atoms with Crippen molar-refractivity contribution >= 4 is 46.6 Å². The van der Waals surface area contributed by atoms with E-state index < -0.39 is 5.91 Å². The highest BCUT2D eigenvalue weighted by molar-refractivity contribution is 6.35. The number of anilines is 1. The number of hydrogen-bond donors (Lipinski definition) is 3. The van der Waals surface area contributed by atoms with Crippen LogP contribution in [-0.2, 0) is 4.79 Å². The second kappa shape index (κ2) is 9.62. The molecule has 0 fully saturated rings. The lowest BCUT2D eigenvalue weighted by atomic mass is 10.1. The third kappa shape index (κ3) is 6.33. The van der Waals surface area contributed by atoms with Crippen molar-refractivity contribution in [3.63, 3.8) is 0 Å². The van der Waals surface area contributed by atoms with Crippen molar-refractivity contribution < 1.29 is 14.4 Å². The first-order valence-corrected chi connectivity index (χ1v) is 8.50. The monoisotopic (exact) mass is 403 g/mol. The van der Waals surface area contributed by atoms with Crippen molar-refractivity contribution in [2.45, 2.75) is 0 Å². The molecule has 0 saturated heterocycles. The lowest BCUT2D eigenvalue weighted by Gasteiger charge is -2.08. The predicted molar refractivity (Wildman–Crippen MR) is 105 cm³/mol. The SMILES string of the molecule is C#CCNC(=O)CNC(=O)c1ccc(NC(=O)c2cc(Cl)cc(Cl)c2)cc1. The van der Waals surface area contributed by atoms with Crippen LogP contribution in [-0.4, -0.2) is 30.8 Å². The first kappa shape index (κ1) is 20.3. The Balaban J connectivity index is 1.94. The summed E-state index contributed by atoms with van der Waals surface area (Å²) < 4.78 is 0. The molecule has 0 radical (unpaired) electrons. The van der Waals surface area contributed by atoms with E-state index in [-0.39, 0.29) is 24.9 Å². The van der Waals surface area contributed by atoms with E-state index in [0.717, 1.165) is 0 Å². The van der Waals surface area contributed by atoms with E-state index >= 15 is 0 Å². The first-order valence-electron chi connectivity index (χ1n) is 7.75. The Morgan fingerprint density at radius 3 is 2.11 bits per heavy atom. The molecule has 0 aliphatic heterocycles. The highest BCUT2D eigenvalue weighted by Gasteiger charge is 2.10. The van der Waals surface area contributed by atoms with Gasteiger partial charge in [-0.1, -0.05) is 29.1 Å². The van der Waals surface area contributed by atoms with Gasteiger partial charge >= 0.3 is 0 Å². The van der Waals surface area contributed by atoms with Crippen molar-refractivity contribution in [3.8, 4) is 12.3 Å². The number of carbonyl (C=O) groups excluding carboxylic acids is 3. The summed E-state index contributed by atoms with van der Waals surface area (Å²) in [6, 6.07) is 10.7. The summed E-state index contributed by atoms with van der Waals surface area (Å²) >= 11 is 11.8. The van der Waals surface area contributed by atoms with Gasteiger partial charge < -0.3 is 16.0 Å². The third-order valence-corrected chi connectivity index (χ3v) is 3.76. The number of nitrogens with one attached hydrogen (secondary N) is 3. The molecule has 0 heterocycles. The van der Waals surface area contributed by atoms with Crippen LogP contribution in [0.4, 0.5) is 5.69 Å². The molecule has 0 spiro atoms. The number of hydrogen-bond acceptors (Lipinski definition) is 3. The largest absolute Gasteiger partial charge is 0.344 e. The van der Waals surface area contributed by atoms with Crippen LogP contribution in [0.1, 0.15) is 20.7 Å². The van der Waals surface area contributed by atoms with Gasteiger partial charge in [-0.05, 0) is 42.5 Å². The fourth-order valence-corrected chi connectivity index (χ4v) is 2.59. The quantitative estimate of drug-likeness (QED) is 0.647. The molecule has 3 N–H and O–H groups in total. The third-order valence-electron chi connectivity index (χ3n) is 3.33. The molecule has 0 aliphatic rings. The average Bonchev–Trinajstić information content (AvgIpc) is 2.64. The van der Waals surface area contributed by atoms with Crippen molar-refractivity contribution in [1.82, 2.24) is 10.6 Å². The zero-order valence-corrected chi connectivity index (χ0v) is 15.5. The average molecular weight is 404 g/mol. The van der Waals surface area contributed by atoms with Gasteiger partial charge in [0, 0.05) is 26.9 Å². The van der Waals surface area contributed by atoms with Crippen LogP contribution in [0.15, 0.2) is 42.5 Å².